The van der Waals surface area contributed by atoms with Crippen molar-refractivity contribution in [1.29, 1.82) is 0 Å². The molecule has 2 N–H and O–H groups in total. The van der Waals surface area contributed by atoms with Crippen LogP contribution in [0.25, 0.3) is 10.9 Å². The lowest BCUT2D eigenvalue weighted by Crippen LogP contribution is -2.18. The van der Waals surface area contributed by atoms with Gasteiger partial charge < -0.3 is 15.0 Å². The highest BCUT2D eigenvalue weighted by molar-refractivity contribution is 8.02. The van der Waals surface area contributed by atoms with Crippen LogP contribution in [-0.4, -0.2) is 45.5 Å². The smallest absolute Gasteiger partial charge is 0.206 e. The summed E-state index contributed by atoms with van der Waals surface area (Å²) in [6.45, 7) is 3.51. The Bertz CT molecular complexity index is 901. The maximum Gasteiger partial charge on any atom is 0.206 e. The van der Waals surface area contributed by atoms with Gasteiger partial charge in [0.05, 0.1) is 11.4 Å². The molecule has 0 radical (unpaired) electrons. The SMILES string of the molecule is CC(Sc1nnc(NCC2CCCO2)s1)C(=O)c1c[nH]c2ccccc12. The van der Waals surface area contributed by atoms with Crippen molar-refractivity contribution >= 4 is 44.9 Å². The molecule has 1 aliphatic heterocycles. The molecule has 2 unspecified atom stereocenters. The fourth-order valence-electron chi connectivity index (χ4n) is 3.03. The van der Waals surface area contributed by atoms with Crippen LogP contribution in [0.2, 0.25) is 0 Å². The minimum absolute atomic E-state index is 0.0940. The van der Waals surface area contributed by atoms with E-state index in [-0.39, 0.29) is 17.1 Å². The Labute approximate surface area is 159 Å². The normalized spacial score (nSPS) is 18.3. The fourth-order valence-corrected chi connectivity index (χ4v) is 5.01. The lowest BCUT2D eigenvalue weighted by molar-refractivity contribution is 0.0995. The molecule has 1 aromatic carbocycles. The molecule has 0 spiro atoms. The summed E-state index contributed by atoms with van der Waals surface area (Å²) in [5.41, 5.74) is 1.70. The van der Waals surface area contributed by atoms with Gasteiger partial charge in [-0.25, -0.2) is 0 Å². The minimum Gasteiger partial charge on any atom is -0.376 e. The van der Waals surface area contributed by atoms with E-state index in [4.69, 9.17) is 4.74 Å². The van der Waals surface area contributed by atoms with Crippen molar-refractivity contribution in [2.75, 3.05) is 18.5 Å². The van der Waals surface area contributed by atoms with Crippen molar-refractivity contribution < 1.29 is 9.53 Å². The van der Waals surface area contributed by atoms with Crippen molar-refractivity contribution in [2.45, 2.75) is 35.5 Å². The summed E-state index contributed by atoms with van der Waals surface area (Å²) in [7, 11) is 0. The molecule has 3 aromatic rings. The molecule has 0 saturated carbocycles. The Morgan fingerprint density at radius 2 is 2.35 bits per heavy atom. The summed E-state index contributed by atoms with van der Waals surface area (Å²) in [6, 6.07) is 7.84. The zero-order valence-corrected chi connectivity index (χ0v) is 16.0. The third-order valence-electron chi connectivity index (χ3n) is 4.41. The number of ether oxygens (including phenoxy) is 1. The van der Waals surface area contributed by atoms with Gasteiger partial charge in [-0.1, -0.05) is 41.3 Å². The Hall–Kier alpha value is -1.90. The van der Waals surface area contributed by atoms with Gasteiger partial charge >= 0.3 is 0 Å². The van der Waals surface area contributed by atoms with Crippen LogP contribution in [0.3, 0.4) is 0 Å². The van der Waals surface area contributed by atoms with Gasteiger partial charge in [-0.3, -0.25) is 4.79 Å². The summed E-state index contributed by atoms with van der Waals surface area (Å²) >= 11 is 2.92. The van der Waals surface area contributed by atoms with Gasteiger partial charge in [0.15, 0.2) is 10.1 Å². The van der Waals surface area contributed by atoms with Crippen LogP contribution < -0.4 is 5.32 Å². The number of rotatable bonds is 7. The molecule has 0 bridgehead atoms. The number of carbonyl (C=O) groups is 1. The number of thioether (sulfide) groups is 1. The highest BCUT2D eigenvalue weighted by Gasteiger charge is 2.22. The predicted octanol–water partition coefficient (Wildman–Crippen LogP) is 3.97. The number of aromatic amines is 1. The van der Waals surface area contributed by atoms with Gasteiger partial charge in [0.2, 0.25) is 5.13 Å². The number of H-pyrrole nitrogens is 1. The summed E-state index contributed by atoms with van der Waals surface area (Å²) < 4.78 is 6.39. The maximum absolute atomic E-state index is 12.8. The van der Waals surface area contributed by atoms with E-state index in [1.54, 1.807) is 6.20 Å². The van der Waals surface area contributed by atoms with Crippen molar-refractivity contribution in [3.63, 3.8) is 0 Å². The standard InChI is InChI=1S/C18H20N4O2S2/c1-11(16(23)14-10-19-15-7-3-2-6-13(14)15)25-18-22-21-17(26-18)20-9-12-5-4-8-24-12/h2-3,6-7,10-12,19H,4-5,8-9H2,1H3,(H,20,21). The molecule has 4 rings (SSSR count). The number of benzene rings is 1. The molecule has 1 saturated heterocycles. The third kappa shape index (κ3) is 3.77. The van der Waals surface area contributed by atoms with Gasteiger partial charge in [-0.15, -0.1) is 10.2 Å². The number of hydrogen-bond donors (Lipinski definition) is 2. The molecule has 0 aliphatic carbocycles. The largest absolute Gasteiger partial charge is 0.376 e. The number of Topliss-reactive ketones (excluding diaryl/α,β-unsaturated/α-hetero) is 1. The van der Waals surface area contributed by atoms with Gasteiger partial charge in [0.1, 0.15) is 0 Å². The molecule has 0 amide bonds. The number of nitrogens with one attached hydrogen (secondary N) is 2. The molecule has 1 aliphatic rings. The van der Waals surface area contributed by atoms with Crippen LogP contribution in [0.15, 0.2) is 34.8 Å². The van der Waals surface area contributed by atoms with Crippen LogP contribution in [-0.2, 0) is 4.74 Å². The fraction of sp³-hybridized carbons (Fsp3) is 0.389. The first-order valence-corrected chi connectivity index (χ1v) is 10.4. The summed E-state index contributed by atoms with van der Waals surface area (Å²) in [4.78, 5) is 16.0. The number of hydrogen-bond acceptors (Lipinski definition) is 7. The van der Waals surface area contributed by atoms with E-state index >= 15 is 0 Å². The lowest BCUT2D eigenvalue weighted by atomic mass is 10.1. The van der Waals surface area contributed by atoms with Crippen molar-refractivity contribution in [2.24, 2.45) is 0 Å². The molecule has 136 valence electrons. The highest BCUT2D eigenvalue weighted by Crippen LogP contribution is 2.31. The number of para-hydroxylation sites is 1. The van der Waals surface area contributed by atoms with Crippen LogP contribution >= 0.6 is 23.1 Å². The monoisotopic (exact) mass is 388 g/mol. The lowest BCUT2D eigenvalue weighted by Gasteiger charge is -2.08. The van der Waals surface area contributed by atoms with Crippen LogP contribution in [0, 0.1) is 0 Å². The minimum atomic E-state index is -0.229. The summed E-state index contributed by atoms with van der Waals surface area (Å²) in [5, 5.41) is 13.1. The van der Waals surface area contributed by atoms with Gasteiger partial charge in [-0.05, 0) is 25.8 Å². The number of fused-ring (bicyclic) bond motifs is 1. The average Bonchev–Trinajstić information content (AvgIpc) is 3.40. The summed E-state index contributed by atoms with van der Waals surface area (Å²) in [5.74, 6) is 0.0940. The number of anilines is 1. The van der Waals surface area contributed by atoms with E-state index in [2.05, 4.69) is 20.5 Å². The molecular formula is C18H20N4O2S2. The molecule has 2 atom stereocenters. The quantitative estimate of drug-likeness (QED) is 0.471. The second kappa shape index (κ2) is 7.77. The van der Waals surface area contributed by atoms with Gasteiger partial charge in [0.25, 0.3) is 0 Å². The molecule has 2 aromatic heterocycles. The van der Waals surface area contributed by atoms with E-state index in [1.165, 1.54) is 23.1 Å². The number of ketones is 1. The second-order valence-corrected chi connectivity index (χ2v) is 8.83. The summed E-state index contributed by atoms with van der Waals surface area (Å²) in [6.07, 6.45) is 4.26. The zero-order chi connectivity index (χ0) is 17.9. The highest BCUT2D eigenvalue weighted by atomic mass is 32.2. The second-order valence-electron chi connectivity index (χ2n) is 6.26. The third-order valence-corrected chi connectivity index (χ3v) is 6.48. The Morgan fingerprint density at radius 1 is 1.46 bits per heavy atom. The van der Waals surface area contributed by atoms with Crippen LogP contribution in [0.5, 0.6) is 0 Å². The van der Waals surface area contributed by atoms with E-state index in [1.807, 2.05) is 31.2 Å². The van der Waals surface area contributed by atoms with E-state index in [9.17, 15) is 4.79 Å². The molecule has 6 nitrogen and oxygen atoms in total. The van der Waals surface area contributed by atoms with Crippen LogP contribution in [0.1, 0.15) is 30.1 Å². The molecule has 1 fully saturated rings. The Balaban J connectivity index is 1.38. The first kappa shape index (κ1) is 17.5. The topological polar surface area (TPSA) is 79.9 Å². The van der Waals surface area contributed by atoms with E-state index < -0.39 is 0 Å². The van der Waals surface area contributed by atoms with E-state index in [0.29, 0.717) is 0 Å². The first-order valence-electron chi connectivity index (χ1n) is 8.66. The molecule has 8 heteroatoms. The van der Waals surface area contributed by atoms with Crippen LogP contribution in [0.4, 0.5) is 5.13 Å². The molecule has 26 heavy (non-hydrogen) atoms. The van der Waals surface area contributed by atoms with Gasteiger partial charge in [-0.2, -0.15) is 0 Å². The Kier molecular flexibility index (Phi) is 5.23. The number of carbonyl (C=O) groups excluding carboxylic acids is 1. The Morgan fingerprint density at radius 3 is 3.19 bits per heavy atom. The van der Waals surface area contributed by atoms with Crippen molar-refractivity contribution in [1.82, 2.24) is 15.2 Å². The predicted molar refractivity (Wildman–Crippen MR) is 105 cm³/mol. The average molecular weight is 389 g/mol. The first-order chi connectivity index (χ1) is 12.7. The van der Waals surface area contributed by atoms with Gasteiger partial charge in [0, 0.05) is 35.8 Å². The number of aromatic nitrogens is 3. The molecular weight excluding hydrogens is 368 g/mol. The maximum atomic E-state index is 12.8. The molecule has 3 heterocycles. The number of nitrogens with zero attached hydrogens (tertiary/aromatic N) is 2. The van der Waals surface area contributed by atoms with Crippen molar-refractivity contribution in [3.8, 4) is 0 Å². The zero-order valence-electron chi connectivity index (χ0n) is 14.4. The van der Waals surface area contributed by atoms with E-state index in [0.717, 1.165) is 51.9 Å². The van der Waals surface area contributed by atoms with Crippen molar-refractivity contribution in [3.05, 3.63) is 36.0 Å².